The number of anilines is 1. The summed E-state index contributed by atoms with van der Waals surface area (Å²) in [5, 5.41) is 17.6. The Hall–Kier alpha value is -2.75. The third kappa shape index (κ3) is 11.1. The minimum absolute atomic E-state index is 0.0494. The molecule has 16 heteroatoms. The monoisotopic (exact) mass is 741 g/mol. The van der Waals surface area contributed by atoms with Gasteiger partial charge in [-0.3, -0.25) is 4.57 Å². The molecule has 3 N–H and O–H groups in total. The van der Waals surface area contributed by atoms with E-state index < -0.39 is 48.3 Å². The van der Waals surface area contributed by atoms with Crippen LogP contribution >= 0.6 is 7.60 Å². The highest BCUT2D eigenvalue weighted by molar-refractivity contribution is 7.89. The molecule has 0 spiro atoms. The molecule has 0 aliphatic carbocycles. The molecule has 0 bridgehead atoms. The van der Waals surface area contributed by atoms with Gasteiger partial charge in [0.2, 0.25) is 10.0 Å². The SMILES string of the molecule is CCNc1ccc(S(=O)(=O)N(CC(C)C)C[C@@H](O)[C@H](Cc2ccc(OCP(=O)(OCC)OCC)cc2)NC(=O)O[C@H]2CO[C@H]3OCC[C@H]32)cc1. The summed E-state index contributed by atoms with van der Waals surface area (Å²) in [6.45, 7) is 10.9. The highest BCUT2D eigenvalue weighted by Gasteiger charge is 2.44. The maximum atomic E-state index is 13.9. The van der Waals surface area contributed by atoms with Gasteiger partial charge >= 0.3 is 13.7 Å². The Kier molecular flexibility index (Phi) is 14.9. The second-order valence-corrected chi connectivity index (χ2v) is 16.6. The van der Waals surface area contributed by atoms with Crippen molar-refractivity contribution < 1.29 is 50.9 Å². The van der Waals surface area contributed by atoms with Gasteiger partial charge in [0.15, 0.2) is 12.6 Å². The van der Waals surface area contributed by atoms with Crippen LogP contribution in [0.2, 0.25) is 0 Å². The van der Waals surface area contributed by atoms with Crippen LogP contribution in [0, 0.1) is 11.8 Å². The molecule has 5 atom stereocenters. The van der Waals surface area contributed by atoms with Crippen LogP contribution < -0.4 is 15.4 Å². The number of nitrogens with zero attached hydrogens (tertiary/aromatic N) is 1. The Morgan fingerprint density at radius 1 is 1.02 bits per heavy atom. The van der Waals surface area contributed by atoms with Gasteiger partial charge in [0.05, 0.1) is 49.4 Å². The zero-order chi connectivity index (χ0) is 36.3. The van der Waals surface area contributed by atoms with Crippen molar-refractivity contribution in [2.24, 2.45) is 11.8 Å². The summed E-state index contributed by atoms with van der Waals surface area (Å²) in [7, 11) is -7.43. The van der Waals surface area contributed by atoms with Crippen molar-refractivity contribution in [1.82, 2.24) is 9.62 Å². The third-order valence-corrected chi connectivity index (χ3v) is 11.9. The highest BCUT2D eigenvalue weighted by Crippen LogP contribution is 2.47. The maximum Gasteiger partial charge on any atom is 0.407 e. The number of carbonyl (C=O) groups excluding carboxylic acids is 1. The van der Waals surface area contributed by atoms with E-state index in [0.717, 1.165) is 5.69 Å². The predicted octanol–water partition coefficient (Wildman–Crippen LogP) is 4.83. The number of carbonyl (C=O) groups is 1. The Balaban J connectivity index is 1.52. The van der Waals surface area contributed by atoms with Gasteiger partial charge in [0.1, 0.15) is 11.9 Å². The number of hydrogen-bond acceptors (Lipinski definition) is 12. The van der Waals surface area contributed by atoms with Gasteiger partial charge in [0, 0.05) is 25.3 Å². The van der Waals surface area contributed by atoms with Crippen molar-refractivity contribution in [2.45, 2.75) is 76.9 Å². The molecule has 2 aliphatic rings. The van der Waals surface area contributed by atoms with E-state index in [0.29, 0.717) is 30.9 Å². The largest absolute Gasteiger partial charge is 0.481 e. The van der Waals surface area contributed by atoms with E-state index in [4.69, 9.17) is 28.0 Å². The Labute approximate surface area is 295 Å². The average molecular weight is 742 g/mol. The first kappa shape index (κ1) is 40.0. The van der Waals surface area contributed by atoms with Gasteiger partial charge in [-0.1, -0.05) is 26.0 Å². The zero-order valence-corrected chi connectivity index (χ0v) is 31.2. The number of sulfonamides is 1. The maximum absolute atomic E-state index is 13.9. The summed E-state index contributed by atoms with van der Waals surface area (Å²) in [5.41, 5.74) is 1.51. The van der Waals surface area contributed by atoms with Crippen molar-refractivity contribution in [3.05, 3.63) is 54.1 Å². The second kappa shape index (κ2) is 18.7. The molecule has 2 aromatic rings. The number of amides is 1. The van der Waals surface area contributed by atoms with Gasteiger partial charge in [-0.05, 0) is 81.5 Å². The molecular formula is C34H52N3O11PS. The molecule has 0 radical (unpaired) electrons. The van der Waals surface area contributed by atoms with Gasteiger partial charge in [-0.2, -0.15) is 4.31 Å². The lowest BCUT2D eigenvalue weighted by Crippen LogP contribution is -2.51. The zero-order valence-electron chi connectivity index (χ0n) is 29.5. The molecule has 0 unspecified atom stereocenters. The summed E-state index contributed by atoms with van der Waals surface area (Å²) in [6, 6.07) is 12.4. The van der Waals surface area contributed by atoms with Crippen molar-refractivity contribution in [3.63, 3.8) is 0 Å². The van der Waals surface area contributed by atoms with E-state index in [1.165, 1.54) is 16.4 Å². The lowest BCUT2D eigenvalue weighted by Gasteiger charge is -2.31. The highest BCUT2D eigenvalue weighted by atomic mass is 32.2. The fraction of sp³-hybridized carbons (Fsp3) is 0.618. The molecule has 4 rings (SSSR count). The van der Waals surface area contributed by atoms with E-state index >= 15 is 0 Å². The summed E-state index contributed by atoms with van der Waals surface area (Å²) >= 11 is 0. The number of ether oxygens (including phenoxy) is 4. The molecule has 2 heterocycles. The van der Waals surface area contributed by atoms with Crippen LogP contribution in [0.5, 0.6) is 5.75 Å². The minimum atomic E-state index is -4.01. The predicted molar refractivity (Wildman–Crippen MR) is 188 cm³/mol. The lowest BCUT2D eigenvalue weighted by molar-refractivity contribution is -0.0907. The first-order valence-corrected chi connectivity index (χ1v) is 20.4. The summed E-state index contributed by atoms with van der Waals surface area (Å²) in [6.07, 6.45) is -2.43. The Morgan fingerprint density at radius 3 is 2.32 bits per heavy atom. The number of alkyl carbamates (subject to hydrolysis) is 1. The smallest absolute Gasteiger partial charge is 0.407 e. The van der Waals surface area contributed by atoms with E-state index in [2.05, 4.69) is 10.6 Å². The molecule has 14 nitrogen and oxygen atoms in total. The first-order chi connectivity index (χ1) is 23.9. The fourth-order valence-corrected chi connectivity index (χ4v) is 8.84. The molecule has 2 fully saturated rings. The van der Waals surface area contributed by atoms with Crippen LogP contribution in [0.3, 0.4) is 0 Å². The van der Waals surface area contributed by atoms with Crippen molar-refractivity contribution in [1.29, 1.82) is 0 Å². The number of rotatable bonds is 20. The Morgan fingerprint density at radius 2 is 1.70 bits per heavy atom. The standard InChI is InChI=1S/C34H52N3O11PS/c1-6-35-26-11-15-28(16-12-26)50(41,42)37(20-24(4)5)21-31(38)30(36-34(39)48-32-22-44-33-29(32)17-18-43-33)19-25-9-13-27(14-10-25)45-23-49(40,46-7-2)47-8-3/h9-16,24,29-33,35,38H,6-8,17-23H2,1-5H3,(H,36,39)/t29-,30-,31+,32-,33+/m0/s1. The topological polar surface area (TPSA) is 171 Å². The average Bonchev–Trinajstić information content (AvgIpc) is 3.69. The van der Waals surface area contributed by atoms with Crippen LogP contribution in [0.25, 0.3) is 0 Å². The molecule has 2 saturated heterocycles. The Bertz CT molecular complexity index is 1500. The third-order valence-electron chi connectivity index (χ3n) is 8.26. The van der Waals surface area contributed by atoms with E-state index in [1.807, 2.05) is 20.8 Å². The molecule has 0 saturated carbocycles. The second-order valence-electron chi connectivity index (χ2n) is 12.6. The number of fused-ring (bicyclic) bond motifs is 1. The quantitative estimate of drug-likeness (QED) is 0.158. The van der Waals surface area contributed by atoms with Gasteiger partial charge in [-0.15, -0.1) is 0 Å². The fourth-order valence-electron chi connectivity index (χ4n) is 5.90. The lowest BCUT2D eigenvalue weighted by atomic mass is 10.0. The summed E-state index contributed by atoms with van der Waals surface area (Å²) in [4.78, 5) is 13.3. The first-order valence-electron chi connectivity index (χ1n) is 17.2. The minimum Gasteiger partial charge on any atom is -0.481 e. The number of nitrogens with one attached hydrogen (secondary N) is 2. The molecule has 2 aromatic carbocycles. The molecular weight excluding hydrogens is 689 g/mol. The van der Waals surface area contributed by atoms with Gasteiger partial charge in [0.25, 0.3) is 0 Å². The number of aliphatic hydroxyl groups is 1. The molecule has 50 heavy (non-hydrogen) atoms. The van der Waals surface area contributed by atoms with E-state index in [-0.39, 0.29) is 62.4 Å². The molecule has 0 aromatic heterocycles. The van der Waals surface area contributed by atoms with Crippen LogP contribution in [0.1, 0.15) is 46.6 Å². The van der Waals surface area contributed by atoms with Gasteiger partial charge in [-0.25, -0.2) is 13.2 Å². The summed E-state index contributed by atoms with van der Waals surface area (Å²) < 4.78 is 74.9. The van der Waals surface area contributed by atoms with Crippen molar-refractivity contribution >= 4 is 29.4 Å². The van der Waals surface area contributed by atoms with Gasteiger partial charge < -0.3 is 43.7 Å². The van der Waals surface area contributed by atoms with Crippen LogP contribution in [-0.2, 0) is 44.3 Å². The summed E-state index contributed by atoms with van der Waals surface area (Å²) in [5.74, 6) is 0.288. The molecule has 2 aliphatic heterocycles. The number of hydrogen-bond donors (Lipinski definition) is 3. The van der Waals surface area contributed by atoms with E-state index in [1.54, 1.807) is 50.2 Å². The molecule has 280 valence electrons. The number of aliphatic hydroxyl groups excluding tert-OH is 1. The van der Waals surface area contributed by atoms with Crippen LogP contribution in [0.15, 0.2) is 53.4 Å². The van der Waals surface area contributed by atoms with Crippen LogP contribution in [-0.4, -0.2) is 101 Å². The number of benzene rings is 2. The van der Waals surface area contributed by atoms with Crippen molar-refractivity contribution in [2.75, 3.05) is 57.7 Å². The van der Waals surface area contributed by atoms with Crippen molar-refractivity contribution in [3.8, 4) is 5.75 Å². The molecule has 1 amide bonds. The van der Waals surface area contributed by atoms with Crippen LogP contribution in [0.4, 0.5) is 10.5 Å². The van der Waals surface area contributed by atoms with E-state index in [9.17, 15) is 22.9 Å². The normalized spacial score (nSPS) is 20.4.